The summed E-state index contributed by atoms with van der Waals surface area (Å²) in [6.45, 7) is 7.12. The Hall–Kier alpha value is -1.13. The Balaban J connectivity index is 2.48. The maximum atomic E-state index is 2.47. The molecule has 0 radical (unpaired) electrons. The predicted molar refractivity (Wildman–Crippen MR) is 84.7 cm³/mol. The van der Waals surface area contributed by atoms with Gasteiger partial charge in [0.2, 0.25) is 0 Å². The highest BCUT2D eigenvalue weighted by molar-refractivity contribution is 7.88. The van der Waals surface area contributed by atoms with Gasteiger partial charge in [-0.3, -0.25) is 0 Å². The Bertz CT molecular complexity index is 434. The molecule has 0 bridgehead atoms. The molecule has 0 atom stereocenters. The maximum Gasteiger partial charge on any atom is 0.0989 e. The number of benzene rings is 2. The first-order valence-electron chi connectivity index (χ1n) is 6.59. The SMILES string of the molecule is CC(C)C[P+](C)(c1ccccc1)c1ccccc1. The lowest BCUT2D eigenvalue weighted by molar-refractivity contribution is 0.744. The van der Waals surface area contributed by atoms with Crippen LogP contribution in [0.4, 0.5) is 0 Å². The van der Waals surface area contributed by atoms with Gasteiger partial charge in [-0.2, -0.15) is 0 Å². The van der Waals surface area contributed by atoms with Crippen LogP contribution in [0.2, 0.25) is 0 Å². The van der Waals surface area contributed by atoms with E-state index in [1.54, 1.807) is 0 Å². The van der Waals surface area contributed by atoms with Crippen molar-refractivity contribution in [2.75, 3.05) is 12.8 Å². The van der Waals surface area contributed by atoms with Crippen molar-refractivity contribution < 1.29 is 0 Å². The molecule has 0 saturated carbocycles. The molecule has 0 unspecified atom stereocenters. The van der Waals surface area contributed by atoms with E-state index in [1.165, 1.54) is 16.8 Å². The van der Waals surface area contributed by atoms with Crippen LogP contribution in [0.3, 0.4) is 0 Å². The quantitative estimate of drug-likeness (QED) is 0.728. The highest BCUT2D eigenvalue weighted by atomic mass is 31.2. The Morgan fingerprint density at radius 3 is 1.50 bits per heavy atom. The molecular weight excluding hydrogens is 235 g/mol. The average molecular weight is 257 g/mol. The van der Waals surface area contributed by atoms with E-state index in [9.17, 15) is 0 Å². The van der Waals surface area contributed by atoms with E-state index >= 15 is 0 Å². The molecule has 0 amide bonds. The third-order valence-corrected chi connectivity index (χ3v) is 7.72. The molecule has 0 saturated heterocycles. The summed E-state index contributed by atoms with van der Waals surface area (Å²) >= 11 is 0. The van der Waals surface area contributed by atoms with Crippen molar-refractivity contribution in [3.05, 3.63) is 60.7 Å². The molecule has 0 aliphatic heterocycles. The second-order valence-corrected chi connectivity index (χ2v) is 9.22. The number of hydrogen-bond donors (Lipinski definition) is 0. The average Bonchev–Trinajstić information content (AvgIpc) is 2.40. The van der Waals surface area contributed by atoms with E-state index in [4.69, 9.17) is 0 Å². The zero-order valence-electron chi connectivity index (χ0n) is 11.5. The van der Waals surface area contributed by atoms with Gasteiger partial charge in [-0.05, 0) is 30.2 Å². The van der Waals surface area contributed by atoms with Crippen molar-refractivity contribution in [2.45, 2.75) is 13.8 Å². The van der Waals surface area contributed by atoms with Crippen molar-refractivity contribution in [1.82, 2.24) is 0 Å². The molecule has 1 heteroatoms. The highest BCUT2D eigenvalue weighted by Gasteiger charge is 2.37. The summed E-state index contributed by atoms with van der Waals surface area (Å²) < 4.78 is 0. The van der Waals surface area contributed by atoms with Gasteiger partial charge in [-0.15, -0.1) is 0 Å². The monoisotopic (exact) mass is 257 g/mol. The summed E-state index contributed by atoms with van der Waals surface area (Å²) in [5.41, 5.74) is 0. The molecule has 2 rings (SSSR count). The van der Waals surface area contributed by atoms with Gasteiger partial charge in [-0.25, -0.2) is 0 Å². The fourth-order valence-electron chi connectivity index (χ4n) is 2.60. The summed E-state index contributed by atoms with van der Waals surface area (Å²) in [6, 6.07) is 22.0. The minimum absolute atomic E-state index is 0.726. The molecule has 2 aromatic rings. The van der Waals surface area contributed by atoms with Gasteiger partial charge < -0.3 is 0 Å². The second-order valence-electron chi connectivity index (χ2n) is 5.44. The third-order valence-electron chi connectivity index (χ3n) is 3.38. The molecule has 0 spiro atoms. The van der Waals surface area contributed by atoms with Crippen molar-refractivity contribution in [1.29, 1.82) is 0 Å². The lowest BCUT2D eigenvalue weighted by Crippen LogP contribution is -2.25. The van der Waals surface area contributed by atoms with Crippen molar-refractivity contribution in [2.24, 2.45) is 5.92 Å². The summed E-state index contributed by atoms with van der Waals surface area (Å²) in [5.74, 6) is 0.726. The summed E-state index contributed by atoms with van der Waals surface area (Å²) in [5, 5.41) is 3.04. The van der Waals surface area contributed by atoms with Crippen LogP contribution in [0.1, 0.15) is 13.8 Å². The van der Waals surface area contributed by atoms with Crippen LogP contribution in [-0.2, 0) is 0 Å². The van der Waals surface area contributed by atoms with E-state index < -0.39 is 7.26 Å². The van der Waals surface area contributed by atoms with Gasteiger partial charge in [0.05, 0.1) is 30.7 Å². The first-order chi connectivity index (χ1) is 8.63. The minimum atomic E-state index is -1.23. The van der Waals surface area contributed by atoms with Gasteiger partial charge in [-0.1, -0.05) is 50.2 Å². The van der Waals surface area contributed by atoms with E-state index in [2.05, 4.69) is 81.2 Å². The van der Waals surface area contributed by atoms with Crippen LogP contribution < -0.4 is 10.6 Å². The zero-order chi connectivity index (χ0) is 13.0. The molecule has 94 valence electrons. The number of hydrogen-bond acceptors (Lipinski definition) is 0. The fourth-order valence-corrected chi connectivity index (χ4v) is 6.44. The molecule has 18 heavy (non-hydrogen) atoms. The molecule has 0 N–H and O–H groups in total. The van der Waals surface area contributed by atoms with E-state index in [1.807, 2.05) is 0 Å². The molecule has 0 aliphatic rings. The van der Waals surface area contributed by atoms with E-state index in [0.717, 1.165) is 5.92 Å². The van der Waals surface area contributed by atoms with Crippen molar-refractivity contribution in [3.63, 3.8) is 0 Å². The van der Waals surface area contributed by atoms with Crippen LogP contribution in [0.5, 0.6) is 0 Å². The Morgan fingerprint density at radius 1 is 0.778 bits per heavy atom. The Kier molecular flexibility index (Phi) is 4.19. The minimum Gasteiger partial charge on any atom is -0.0620 e. The van der Waals surface area contributed by atoms with Gasteiger partial charge in [0, 0.05) is 0 Å². The van der Waals surface area contributed by atoms with Gasteiger partial charge in [0.1, 0.15) is 0 Å². The molecule has 0 nitrogen and oxygen atoms in total. The van der Waals surface area contributed by atoms with Crippen LogP contribution in [0, 0.1) is 5.92 Å². The van der Waals surface area contributed by atoms with Crippen molar-refractivity contribution >= 4 is 17.9 Å². The van der Waals surface area contributed by atoms with Crippen LogP contribution in [0.25, 0.3) is 0 Å². The lowest BCUT2D eigenvalue weighted by atomic mass is 10.3. The third kappa shape index (κ3) is 2.82. The Morgan fingerprint density at radius 2 is 1.17 bits per heavy atom. The molecule has 0 aromatic heterocycles. The molecule has 2 aromatic carbocycles. The number of rotatable bonds is 4. The predicted octanol–water partition coefficient (Wildman–Crippen LogP) is 3.94. The fraction of sp³-hybridized carbons (Fsp3) is 0.294. The molecule has 0 aliphatic carbocycles. The first-order valence-corrected chi connectivity index (χ1v) is 9.02. The topological polar surface area (TPSA) is 0 Å². The Labute approximate surface area is 111 Å². The van der Waals surface area contributed by atoms with Gasteiger partial charge >= 0.3 is 0 Å². The van der Waals surface area contributed by atoms with E-state index in [0.29, 0.717) is 0 Å². The molecule has 0 heterocycles. The summed E-state index contributed by atoms with van der Waals surface area (Å²) in [4.78, 5) is 0. The highest BCUT2D eigenvalue weighted by Crippen LogP contribution is 2.53. The van der Waals surface area contributed by atoms with E-state index in [-0.39, 0.29) is 0 Å². The molecular formula is C17H22P+. The smallest absolute Gasteiger partial charge is 0.0620 e. The first kappa shape index (κ1) is 13.3. The normalized spacial score (nSPS) is 11.8. The van der Waals surface area contributed by atoms with Crippen LogP contribution in [-0.4, -0.2) is 12.8 Å². The standard InChI is InChI=1S/C17H22P/c1-15(2)14-18(3,16-10-6-4-7-11-16)17-12-8-5-9-13-17/h4-13,15H,14H2,1-3H3/q+1. The van der Waals surface area contributed by atoms with Crippen LogP contribution in [0.15, 0.2) is 60.7 Å². The summed E-state index contributed by atoms with van der Waals surface area (Å²) in [6.07, 6.45) is 1.28. The molecule has 0 fully saturated rings. The largest absolute Gasteiger partial charge is 0.0989 e. The summed E-state index contributed by atoms with van der Waals surface area (Å²) in [7, 11) is -1.23. The maximum absolute atomic E-state index is 2.47. The lowest BCUT2D eigenvalue weighted by Gasteiger charge is -2.24. The van der Waals surface area contributed by atoms with Crippen LogP contribution >= 0.6 is 7.26 Å². The zero-order valence-corrected chi connectivity index (χ0v) is 12.4. The van der Waals surface area contributed by atoms with Crippen molar-refractivity contribution in [3.8, 4) is 0 Å². The van der Waals surface area contributed by atoms with Gasteiger partial charge in [0.15, 0.2) is 0 Å². The van der Waals surface area contributed by atoms with Gasteiger partial charge in [0.25, 0.3) is 0 Å². The second kappa shape index (κ2) is 5.67.